The molecular weight excluding hydrogens is 550 g/mol. The van der Waals surface area contributed by atoms with Gasteiger partial charge in [-0.25, -0.2) is 4.79 Å². The van der Waals surface area contributed by atoms with Gasteiger partial charge in [-0.1, -0.05) is 31.0 Å². The molecule has 3 rings (SSSR count). The molecule has 1 aliphatic rings. The van der Waals surface area contributed by atoms with Gasteiger partial charge in [-0.15, -0.1) is 0 Å². The molecule has 0 aromatic heterocycles. The first kappa shape index (κ1) is 33.4. The Bertz CT molecular complexity index is 1250. The Morgan fingerprint density at radius 3 is 2.33 bits per heavy atom. The van der Waals surface area contributed by atoms with Crippen molar-refractivity contribution < 1.29 is 33.4 Å². The van der Waals surface area contributed by atoms with E-state index in [4.69, 9.17) is 14.2 Å². The summed E-state index contributed by atoms with van der Waals surface area (Å²) in [4.78, 5) is 54.1. The van der Waals surface area contributed by atoms with E-state index in [9.17, 15) is 19.2 Å². The molecule has 1 aliphatic heterocycles. The van der Waals surface area contributed by atoms with Gasteiger partial charge in [0.25, 0.3) is 5.91 Å². The van der Waals surface area contributed by atoms with Crippen LogP contribution in [0.25, 0.3) is 0 Å². The smallest absolute Gasteiger partial charge is 0.407 e. The van der Waals surface area contributed by atoms with E-state index in [-0.39, 0.29) is 37.9 Å². The Labute approximate surface area is 254 Å². The van der Waals surface area contributed by atoms with Crippen LogP contribution in [0.2, 0.25) is 0 Å². The van der Waals surface area contributed by atoms with Crippen molar-refractivity contribution in [1.82, 2.24) is 10.2 Å². The Hall–Kier alpha value is -4.08. The quantitative estimate of drug-likeness (QED) is 0.234. The standard InChI is InChI=1S/C33H45N3O7/c1-6-42-30(38)18-20-35-23-29(37)36(22-25-12-15-26(41-5)16-13-25)28-17-14-24(21-27(28)31(35)39)11-9-7-8-10-19-34-32(40)43-33(2,3)4/h12-17,21H,6-11,18-20,22-23H2,1-5H3,(H,34,40). The van der Waals surface area contributed by atoms with Crippen LogP contribution in [0.15, 0.2) is 42.5 Å². The van der Waals surface area contributed by atoms with Gasteiger partial charge in [0.2, 0.25) is 5.91 Å². The molecule has 0 spiro atoms. The number of hydrogen-bond donors (Lipinski definition) is 1. The highest BCUT2D eigenvalue weighted by Gasteiger charge is 2.32. The number of esters is 1. The number of carbonyl (C=O) groups excluding carboxylic acids is 4. The number of rotatable bonds is 14. The molecule has 1 heterocycles. The topological polar surface area (TPSA) is 114 Å². The summed E-state index contributed by atoms with van der Waals surface area (Å²) >= 11 is 0. The molecule has 0 bridgehead atoms. The highest BCUT2D eigenvalue weighted by molar-refractivity contribution is 6.09. The van der Waals surface area contributed by atoms with E-state index in [0.29, 0.717) is 24.3 Å². The number of ether oxygens (including phenoxy) is 3. The second-order valence-electron chi connectivity index (χ2n) is 11.6. The average Bonchev–Trinajstić information content (AvgIpc) is 3.05. The maximum atomic E-state index is 13.7. The summed E-state index contributed by atoms with van der Waals surface area (Å²) in [6, 6.07) is 13.2. The van der Waals surface area contributed by atoms with Crippen LogP contribution in [0.3, 0.4) is 0 Å². The van der Waals surface area contributed by atoms with Crippen LogP contribution >= 0.6 is 0 Å². The first-order chi connectivity index (χ1) is 20.5. The van der Waals surface area contributed by atoms with E-state index in [1.807, 2.05) is 63.2 Å². The lowest BCUT2D eigenvalue weighted by Crippen LogP contribution is -2.40. The van der Waals surface area contributed by atoms with Crippen LogP contribution < -0.4 is 15.0 Å². The molecule has 0 saturated heterocycles. The number of nitrogens with one attached hydrogen (secondary N) is 1. The second-order valence-corrected chi connectivity index (χ2v) is 11.6. The molecule has 1 N–H and O–H groups in total. The van der Waals surface area contributed by atoms with Crippen molar-refractivity contribution in [2.75, 3.05) is 38.3 Å². The number of methoxy groups -OCH3 is 1. The molecule has 0 saturated carbocycles. The van der Waals surface area contributed by atoms with Gasteiger partial charge in [0.15, 0.2) is 0 Å². The predicted octanol–water partition coefficient (Wildman–Crippen LogP) is 5.27. The highest BCUT2D eigenvalue weighted by atomic mass is 16.6. The lowest BCUT2D eigenvalue weighted by atomic mass is 10.0. The van der Waals surface area contributed by atoms with Crippen LogP contribution in [0.5, 0.6) is 5.75 Å². The molecule has 234 valence electrons. The van der Waals surface area contributed by atoms with Gasteiger partial charge < -0.3 is 29.3 Å². The van der Waals surface area contributed by atoms with Crippen LogP contribution in [0.1, 0.15) is 81.3 Å². The second kappa shape index (κ2) is 16.0. The summed E-state index contributed by atoms with van der Waals surface area (Å²) in [5.41, 5.74) is 2.39. The molecule has 2 aromatic carbocycles. The third-order valence-electron chi connectivity index (χ3n) is 6.95. The van der Waals surface area contributed by atoms with Crippen molar-refractivity contribution in [3.8, 4) is 5.75 Å². The number of anilines is 1. The van der Waals surface area contributed by atoms with Crippen molar-refractivity contribution >= 4 is 29.6 Å². The lowest BCUT2D eigenvalue weighted by Gasteiger charge is -2.23. The minimum atomic E-state index is -0.517. The first-order valence-corrected chi connectivity index (χ1v) is 15.0. The number of benzene rings is 2. The average molecular weight is 596 g/mol. The third-order valence-corrected chi connectivity index (χ3v) is 6.95. The summed E-state index contributed by atoms with van der Waals surface area (Å²) in [5, 5.41) is 2.78. The zero-order chi connectivity index (χ0) is 31.4. The van der Waals surface area contributed by atoms with E-state index in [2.05, 4.69) is 5.32 Å². The van der Waals surface area contributed by atoms with Gasteiger partial charge in [-0.3, -0.25) is 14.4 Å². The van der Waals surface area contributed by atoms with Crippen molar-refractivity contribution in [3.63, 3.8) is 0 Å². The molecule has 43 heavy (non-hydrogen) atoms. The Kier molecular flexibility index (Phi) is 12.4. The number of fused-ring (bicyclic) bond motifs is 1. The fraction of sp³-hybridized carbons (Fsp3) is 0.515. The largest absolute Gasteiger partial charge is 0.497 e. The van der Waals surface area contributed by atoms with Crippen molar-refractivity contribution in [2.24, 2.45) is 0 Å². The summed E-state index contributed by atoms with van der Waals surface area (Å²) in [7, 11) is 1.60. The van der Waals surface area contributed by atoms with Crippen LogP contribution in [-0.2, 0) is 32.0 Å². The fourth-order valence-corrected chi connectivity index (χ4v) is 4.81. The SMILES string of the molecule is CCOC(=O)CCN1CC(=O)N(Cc2ccc(OC)cc2)c2ccc(CCCCCCNC(=O)OC(C)(C)C)cc2C1=O. The van der Waals surface area contributed by atoms with E-state index in [1.165, 1.54) is 4.90 Å². The maximum absolute atomic E-state index is 13.7. The normalized spacial score (nSPS) is 13.3. The number of nitrogens with zero attached hydrogens (tertiary/aromatic N) is 2. The molecule has 10 nitrogen and oxygen atoms in total. The number of carbonyl (C=O) groups is 4. The molecule has 2 aromatic rings. The number of alkyl carbamates (subject to hydrolysis) is 1. The molecule has 0 atom stereocenters. The van der Waals surface area contributed by atoms with Gasteiger partial charge in [0.1, 0.15) is 17.9 Å². The van der Waals surface area contributed by atoms with E-state index in [1.54, 1.807) is 18.9 Å². The summed E-state index contributed by atoms with van der Waals surface area (Å²) < 4.78 is 15.5. The van der Waals surface area contributed by atoms with Crippen LogP contribution in [-0.4, -0.2) is 67.7 Å². The molecule has 0 aliphatic carbocycles. The summed E-state index contributed by atoms with van der Waals surface area (Å²) in [6.45, 7) is 8.31. The minimum absolute atomic E-state index is 0.0170. The van der Waals surface area contributed by atoms with Gasteiger partial charge >= 0.3 is 12.1 Å². The van der Waals surface area contributed by atoms with Gasteiger partial charge in [0.05, 0.1) is 37.9 Å². The fourth-order valence-electron chi connectivity index (χ4n) is 4.81. The maximum Gasteiger partial charge on any atom is 0.407 e. The zero-order valence-corrected chi connectivity index (χ0v) is 26.1. The van der Waals surface area contributed by atoms with E-state index < -0.39 is 17.7 Å². The van der Waals surface area contributed by atoms with Gasteiger partial charge in [-0.05, 0) is 82.3 Å². The molecular formula is C33H45N3O7. The Morgan fingerprint density at radius 1 is 0.953 bits per heavy atom. The van der Waals surface area contributed by atoms with E-state index >= 15 is 0 Å². The number of aryl methyl sites for hydroxylation is 1. The Balaban J connectivity index is 1.68. The Morgan fingerprint density at radius 2 is 1.65 bits per heavy atom. The first-order valence-electron chi connectivity index (χ1n) is 15.0. The zero-order valence-electron chi connectivity index (χ0n) is 26.1. The molecule has 3 amide bonds. The number of unbranched alkanes of at least 4 members (excludes halogenated alkanes) is 3. The van der Waals surface area contributed by atoms with Crippen LogP contribution in [0, 0.1) is 0 Å². The number of amides is 3. The lowest BCUT2D eigenvalue weighted by molar-refractivity contribution is -0.143. The van der Waals surface area contributed by atoms with Gasteiger partial charge in [-0.2, -0.15) is 0 Å². The summed E-state index contributed by atoms with van der Waals surface area (Å²) in [5.74, 6) is -0.188. The summed E-state index contributed by atoms with van der Waals surface area (Å²) in [6.07, 6.45) is 4.07. The molecule has 10 heteroatoms. The van der Waals surface area contributed by atoms with Crippen molar-refractivity contribution in [3.05, 3.63) is 59.2 Å². The van der Waals surface area contributed by atoms with Crippen molar-refractivity contribution in [2.45, 2.75) is 78.4 Å². The molecule has 0 radical (unpaired) electrons. The van der Waals surface area contributed by atoms with E-state index in [0.717, 1.165) is 49.0 Å². The monoisotopic (exact) mass is 595 g/mol. The number of hydrogen-bond acceptors (Lipinski definition) is 7. The van der Waals surface area contributed by atoms with Gasteiger partial charge in [0, 0.05) is 13.1 Å². The third kappa shape index (κ3) is 10.6. The highest BCUT2D eigenvalue weighted by Crippen LogP contribution is 2.29. The van der Waals surface area contributed by atoms with Crippen LogP contribution in [0.4, 0.5) is 10.5 Å². The minimum Gasteiger partial charge on any atom is -0.497 e. The molecule has 0 fully saturated rings. The predicted molar refractivity (Wildman–Crippen MR) is 164 cm³/mol. The van der Waals surface area contributed by atoms with Crippen molar-refractivity contribution in [1.29, 1.82) is 0 Å². The molecule has 0 unspecified atom stereocenters.